The molecule has 0 saturated heterocycles. The first kappa shape index (κ1) is 30.6. The minimum atomic E-state index is -0.0678. The van der Waals surface area contributed by atoms with Gasteiger partial charge in [-0.1, -0.05) is 94.8 Å². The van der Waals surface area contributed by atoms with E-state index < -0.39 is 0 Å². The Kier molecular flexibility index (Phi) is 8.00. The van der Waals surface area contributed by atoms with Gasteiger partial charge in [-0.3, -0.25) is 4.79 Å². The van der Waals surface area contributed by atoms with Crippen LogP contribution < -0.4 is 0 Å². The first-order valence-electron chi connectivity index (χ1n) is 13.6. The molecule has 0 fully saturated rings. The zero-order valence-electron chi connectivity index (χ0n) is 26.0. The Balaban J connectivity index is 2.20. The van der Waals surface area contributed by atoms with Crippen LogP contribution in [-0.2, 0) is 15.6 Å². The second-order valence-corrected chi connectivity index (χ2v) is 17.0. The van der Waals surface area contributed by atoms with Crippen molar-refractivity contribution in [2.75, 3.05) is 0 Å². The second-order valence-electron chi connectivity index (χ2n) is 14.8. The molecule has 1 aliphatic carbocycles. The zero-order valence-corrected chi connectivity index (χ0v) is 27.6. The Bertz CT molecular complexity index is 1270. The molecule has 0 saturated carbocycles. The van der Waals surface area contributed by atoms with Crippen LogP contribution in [0.3, 0.4) is 0 Å². The van der Waals surface area contributed by atoms with Gasteiger partial charge in [-0.25, -0.2) is 0 Å². The molecule has 4 heteroatoms. The molecule has 0 aromatic carbocycles. The fourth-order valence-electron chi connectivity index (χ4n) is 4.30. The summed E-state index contributed by atoms with van der Waals surface area (Å²) < 4.78 is 0. The van der Waals surface area contributed by atoms with E-state index in [1.165, 1.54) is 19.6 Å². The third kappa shape index (κ3) is 6.12. The van der Waals surface area contributed by atoms with Crippen LogP contribution in [0.5, 0.6) is 0 Å². The third-order valence-corrected chi connectivity index (χ3v) is 10.9. The Hall–Kier alpha value is -1.91. The van der Waals surface area contributed by atoms with Crippen molar-refractivity contribution in [2.24, 2.45) is 10.8 Å². The SMILES string of the molecule is CC(=C1C=C(C(C)(C)C)SC(C(C)(C)C)=C1)C1=C(O)/C(=C(\C)c2cc(C(C)(C)C)[s+]c(C(C)(C)C)c2)C1=O. The van der Waals surface area contributed by atoms with E-state index in [2.05, 4.69) is 107 Å². The van der Waals surface area contributed by atoms with Crippen molar-refractivity contribution < 1.29 is 9.90 Å². The third-order valence-electron chi connectivity index (χ3n) is 7.09. The van der Waals surface area contributed by atoms with Crippen LogP contribution >= 0.6 is 23.1 Å². The lowest BCUT2D eigenvalue weighted by atomic mass is 9.78. The molecule has 2 heterocycles. The Morgan fingerprint density at radius 2 is 1.13 bits per heavy atom. The van der Waals surface area contributed by atoms with Crippen molar-refractivity contribution in [3.05, 3.63) is 77.5 Å². The molecular weight excluding hydrogens is 505 g/mol. The van der Waals surface area contributed by atoms with Crippen LogP contribution in [0.15, 0.2) is 62.1 Å². The van der Waals surface area contributed by atoms with Crippen molar-refractivity contribution in [3.63, 3.8) is 0 Å². The van der Waals surface area contributed by atoms with Crippen molar-refractivity contribution >= 4 is 34.5 Å². The number of hydrogen-bond acceptors (Lipinski definition) is 3. The summed E-state index contributed by atoms with van der Waals surface area (Å²) in [6.45, 7) is 30.6. The molecule has 0 bridgehead atoms. The lowest BCUT2D eigenvalue weighted by Crippen LogP contribution is -2.25. The molecule has 0 radical (unpaired) electrons. The topological polar surface area (TPSA) is 37.3 Å². The first-order chi connectivity index (χ1) is 17.0. The molecule has 3 rings (SSSR count). The molecule has 0 amide bonds. The van der Waals surface area contributed by atoms with Gasteiger partial charge in [-0.2, -0.15) is 0 Å². The summed E-state index contributed by atoms with van der Waals surface area (Å²) in [4.78, 5) is 18.7. The lowest BCUT2D eigenvalue weighted by molar-refractivity contribution is -0.113. The van der Waals surface area contributed by atoms with Gasteiger partial charge < -0.3 is 5.11 Å². The normalized spacial score (nSPS) is 18.8. The van der Waals surface area contributed by atoms with Crippen LogP contribution in [0, 0.1) is 10.8 Å². The molecule has 0 spiro atoms. The predicted octanol–water partition coefficient (Wildman–Crippen LogP) is 10.7. The number of ketones is 1. The van der Waals surface area contributed by atoms with Gasteiger partial charge in [0.05, 0.1) is 11.1 Å². The van der Waals surface area contributed by atoms with Gasteiger partial charge in [0.15, 0.2) is 0 Å². The highest BCUT2D eigenvalue weighted by Gasteiger charge is 2.39. The highest BCUT2D eigenvalue weighted by molar-refractivity contribution is 8.06. The van der Waals surface area contributed by atoms with E-state index in [9.17, 15) is 9.90 Å². The van der Waals surface area contributed by atoms with Crippen molar-refractivity contribution in [3.8, 4) is 0 Å². The van der Waals surface area contributed by atoms with E-state index in [1.807, 2.05) is 36.9 Å². The molecule has 2 aliphatic rings. The summed E-state index contributed by atoms with van der Waals surface area (Å²) in [5.74, 6) is 0.0519. The highest BCUT2D eigenvalue weighted by Crippen LogP contribution is 2.50. The average molecular weight is 552 g/mol. The fraction of sp³-hybridized carbons (Fsp3) is 0.529. The van der Waals surface area contributed by atoms with E-state index in [-0.39, 0.29) is 33.2 Å². The van der Waals surface area contributed by atoms with Gasteiger partial charge >= 0.3 is 0 Å². The molecule has 1 aromatic heterocycles. The summed E-state index contributed by atoms with van der Waals surface area (Å²) in [5, 5.41) is 11.3. The number of Topliss-reactive ketones (excluding diaryl/α,β-unsaturated/α-hetero) is 1. The minimum absolute atomic E-state index is 0.00746. The zero-order chi connectivity index (χ0) is 29.2. The molecule has 1 aliphatic heterocycles. The van der Waals surface area contributed by atoms with Gasteiger partial charge in [0.25, 0.3) is 0 Å². The van der Waals surface area contributed by atoms with Crippen LogP contribution in [0.4, 0.5) is 0 Å². The lowest BCUT2D eigenvalue weighted by Gasteiger charge is -2.33. The summed E-state index contributed by atoms with van der Waals surface area (Å²) in [7, 11) is 0. The monoisotopic (exact) mass is 551 g/mol. The van der Waals surface area contributed by atoms with Gasteiger partial charge in [-0.15, -0.1) is 0 Å². The number of rotatable bonds is 2. The standard InChI is InChI=1S/C34H46O2S2/c1-19(21-15-23(31(3,4)5)37-24(16-21)32(6,7)8)27-29(35)28(30(27)36)20(2)22-17-25(33(9,10)11)38-26(18-22)34(12,13)14/h15-18H,1-14H3/p+1. The van der Waals surface area contributed by atoms with E-state index in [0.29, 0.717) is 11.1 Å². The number of aliphatic hydroxyl groups is 1. The number of thioether (sulfide) groups is 1. The van der Waals surface area contributed by atoms with Crippen molar-refractivity contribution in [1.29, 1.82) is 0 Å². The second kappa shape index (κ2) is 9.93. The number of carbonyl (C=O) groups is 1. The smallest absolute Gasteiger partial charge is 0.219 e. The van der Waals surface area contributed by atoms with E-state index >= 15 is 0 Å². The predicted molar refractivity (Wildman–Crippen MR) is 169 cm³/mol. The molecular formula is C34H47O2S2+. The molecule has 2 nitrogen and oxygen atoms in total. The van der Waals surface area contributed by atoms with Gasteiger partial charge in [-0.05, 0) is 68.9 Å². The molecule has 1 aromatic rings. The molecule has 206 valence electrons. The summed E-state index contributed by atoms with van der Waals surface area (Å²) in [6, 6.07) is 4.39. The Morgan fingerprint density at radius 3 is 1.47 bits per heavy atom. The largest absolute Gasteiger partial charge is 0.506 e. The molecule has 38 heavy (non-hydrogen) atoms. The minimum Gasteiger partial charge on any atom is -0.506 e. The van der Waals surface area contributed by atoms with Crippen LogP contribution in [0.25, 0.3) is 5.57 Å². The Morgan fingerprint density at radius 1 is 0.711 bits per heavy atom. The fourth-order valence-corrected chi connectivity index (χ4v) is 6.74. The maximum Gasteiger partial charge on any atom is 0.219 e. The number of carbonyl (C=O) groups excluding carboxylic acids is 1. The number of hydrogen-bond donors (Lipinski definition) is 1. The van der Waals surface area contributed by atoms with Gasteiger partial charge in [0.2, 0.25) is 26.9 Å². The first-order valence-corrected chi connectivity index (χ1v) is 15.2. The van der Waals surface area contributed by atoms with Crippen molar-refractivity contribution in [1.82, 2.24) is 0 Å². The highest BCUT2D eigenvalue weighted by atomic mass is 32.2. The van der Waals surface area contributed by atoms with Crippen LogP contribution in [0.2, 0.25) is 0 Å². The van der Waals surface area contributed by atoms with Crippen LogP contribution in [-0.4, -0.2) is 10.9 Å². The van der Waals surface area contributed by atoms with Gasteiger partial charge in [0, 0.05) is 23.0 Å². The quantitative estimate of drug-likeness (QED) is 0.293. The van der Waals surface area contributed by atoms with Crippen molar-refractivity contribution in [2.45, 2.75) is 108 Å². The summed E-state index contributed by atoms with van der Waals surface area (Å²) >= 11 is 3.66. The molecule has 0 unspecified atom stereocenters. The summed E-state index contributed by atoms with van der Waals surface area (Å²) in [6.07, 6.45) is 4.39. The van der Waals surface area contributed by atoms with E-state index in [0.717, 1.165) is 22.3 Å². The molecule has 1 N–H and O–H groups in total. The maximum absolute atomic E-state index is 13.6. The number of aliphatic hydroxyl groups excluding tert-OH is 1. The van der Waals surface area contributed by atoms with E-state index in [1.54, 1.807) is 0 Å². The van der Waals surface area contributed by atoms with E-state index in [4.69, 9.17) is 0 Å². The van der Waals surface area contributed by atoms with Gasteiger partial charge in [0.1, 0.15) is 5.76 Å². The average Bonchev–Trinajstić information content (AvgIpc) is 2.76. The summed E-state index contributed by atoms with van der Waals surface area (Å²) in [5.41, 5.74) is 4.57. The molecule has 0 atom stereocenters. The Labute approximate surface area is 239 Å². The maximum atomic E-state index is 13.6. The van der Waals surface area contributed by atoms with Crippen LogP contribution in [0.1, 0.15) is 112 Å². The number of allylic oxidation sites excluding steroid dienone is 9.